The van der Waals surface area contributed by atoms with Gasteiger partial charge in [-0.1, -0.05) is 28.1 Å². The Morgan fingerprint density at radius 1 is 1.24 bits per heavy atom. The van der Waals surface area contributed by atoms with E-state index in [2.05, 4.69) is 20.9 Å². The summed E-state index contributed by atoms with van der Waals surface area (Å²) in [5, 5.41) is 0. The van der Waals surface area contributed by atoms with Gasteiger partial charge in [-0.2, -0.15) is 0 Å². The SMILES string of the molecule is Cc1nc(-c2cccc(Br)c2)ccc1C(=O)N1CCC2(C1)OCCO2. The Balaban J connectivity index is 1.56. The van der Waals surface area contributed by atoms with Crippen molar-refractivity contribution in [2.45, 2.75) is 19.1 Å². The van der Waals surface area contributed by atoms with Crippen molar-refractivity contribution >= 4 is 21.8 Å². The Bertz CT molecular complexity index is 818. The Hall–Kier alpha value is -1.76. The number of aromatic nitrogens is 1. The van der Waals surface area contributed by atoms with Gasteiger partial charge in [-0.25, -0.2) is 0 Å². The summed E-state index contributed by atoms with van der Waals surface area (Å²) in [5.74, 6) is -0.602. The molecule has 5 nitrogen and oxygen atoms in total. The zero-order valence-electron chi connectivity index (χ0n) is 14.0. The number of benzene rings is 1. The smallest absolute Gasteiger partial charge is 0.255 e. The van der Waals surface area contributed by atoms with Crippen LogP contribution in [0.25, 0.3) is 11.3 Å². The summed E-state index contributed by atoms with van der Waals surface area (Å²) in [6.07, 6.45) is 0.724. The zero-order chi connectivity index (χ0) is 17.4. The molecule has 1 aromatic carbocycles. The molecule has 0 saturated carbocycles. The number of halogens is 1. The average Bonchev–Trinajstić information content (AvgIpc) is 3.24. The highest BCUT2D eigenvalue weighted by Gasteiger charge is 2.45. The predicted molar refractivity (Wildman–Crippen MR) is 97.3 cm³/mol. The van der Waals surface area contributed by atoms with Gasteiger partial charge < -0.3 is 14.4 Å². The molecular formula is C19H19BrN2O3. The Kier molecular flexibility index (Phi) is 4.35. The van der Waals surface area contributed by atoms with Crippen LogP contribution in [0, 0.1) is 6.92 Å². The number of nitrogens with zero attached hydrogens (tertiary/aromatic N) is 2. The van der Waals surface area contributed by atoms with E-state index in [0.717, 1.165) is 27.8 Å². The lowest BCUT2D eigenvalue weighted by Gasteiger charge is -2.22. The molecule has 0 atom stereocenters. The van der Waals surface area contributed by atoms with E-state index < -0.39 is 5.79 Å². The third kappa shape index (κ3) is 3.21. The van der Waals surface area contributed by atoms with Gasteiger partial charge in [0.15, 0.2) is 5.79 Å². The van der Waals surface area contributed by atoms with Crippen molar-refractivity contribution in [3.8, 4) is 11.3 Å². The fraction of sp³-hybridized carbons (Fsp3) is 0.368. The fourth-order valence-electron chi connectivity index (χ4n) is 3.43. The standard InChI is InChI=1S/C19H19BrN2O3/c1-13-16(5-6-17(21-13)14-3-2-4-15(20)11-14)18(23)22-8-7-19(12-22)24-9-10-25-19/h2-6,11H,7-10,12H2,1H3. The summed E-state index contributed by atoms with van der Waals surface area (Å²) in [6.45, 7) is 4.21. The van der Waals surface area contributed by atoms with E-state index in [-0.39, 0.29) is 5.91 Å². The second kappa shape index (κ2) is 6.52. The number of rotatable bonds is 2. The highest BCUT2D eigenvalue weighted by Crippen LogP contribution is 2.31. The second-order valence-electron chi connectivity index (χ2n) is 6.42. The van der Waals surface area contributed by atoms with Gasteiger partial charge in [0.25, 0.3) is 5.91 Å². The van der Waals surface area contributed by atoms with Crippen molar-refractivity contribution in [2.75, 3.05) is 26.3 Å². The number of carbonyl (C=O) groups is 1. The van der Waals surface area contributed by atoms with E-state index in [9.17, 15) is 4.79 Å². The van der Waals surface area contributed by atoms with Gasteiger partial charge in [-0.3, -0.25) is 9.78 Å². The number of carbonyl (C=O) groups excluding carboxylic acids is 1. The molecule has 130 valence electrons. The third-order valence-corrected chi connectivity index (χ3v) is 5.23. The molecule has 1 amide bonds. The summed E-state index contributed by atoms with van der Waals surface area (Å²) in [5.41, 5.74) is 3.24. The molecule has 0 aliphatic carbocycles. The largest absolute Gasteiger partial charge is 0.346 e. The predicted octanol–water partition coefficient (Wildman–Crippen LogP) is 3.41. The Morgan fingerprint density at radius 3 is 2.76 bits per heavy atom. The topological polar surface area (TPSA) is 51.7 Å². The highest BCUT2D eigenvalue weighted by molar-refractivity contribution is 9.10. The highest BCUT2D eigenvalue weighted by atomic mass is 79.9. The lowest BCUT2D eigenvalue weighted by Crippen LogP contribution is -2.37. The van der Waals surface area contributed by atoms with E-state index in [1.165, 1.54) is 0 Å². The van der Waals surface area contributed by atoms with Crippen molar-refractivity contribution in [1.29, 1.82) is 0 Å². The summed E-state index contributed by atoms with van der Waals surface area (Å²) in [6, 6.07) is 11.7. The minimum atomic E-state index is -0.590. The van der Waals surface area contributed by atoms with Crippen molar-refractivity contribution in [3.05, 3.63) is 52.1 Å². The van der Waals surface area contributed by atoms with Crippen molar-refractivity contribution in [3.63, 3.8) is 0 Å². The number of amides is 1. The number of hydrogen-bond donors (Lipinski definition) is 0. The minimum absolute atomic E-state index is 0.0123. The lowest BCUT2D eigenvalue weighted by molar-refractivity contribution is -0.143. The molecule has 0 N–H and O–H groups in total. The number of hydrogen-bond acceptors (Lipinski definition) is 4. The van der Waals surface area contributed by atoms with Crippen LogP contribution in [0.3, 0.4) is 0 Å². The van der Waals surface area contributed by atoms with Gasteiger partial charge in [0.1, 0.15) is 0 Å². The summed E-state index contributed by atoms with van der Waals surface area (Å²) < 4.78 is 12.4. The molecule has 2 fully saturated rings. The van der Waals surface area contributed by atoms with Crippen LogP contribution in [-0.2, 0) is 9.47 Å². The summed E-state index contributed by atoms with van der Waals surface area (Å²) in [7, 11) is 0. The normalized spacial score (nSPS) is 18.9. The minimum Gasteiger partial charge on any atom is -0.346 e. The molecule has 4 rings (SSSR count). The van der Waals surface area contributed by atoms with E-state index in [4.69, 9.17) is 9.47 Å². The van der Waals surface area contributed by atoms with Crippen molar-refractivity contribution in [2.24, 2.45) is 0 Å². The van der Waals surface area contributed by atoms with E-state index in [0.29, 0.717) is 31.9 Å². The first-order valence-electron chi connectivity index (χ1n) is 8.37. The van der Waals surface area contributed by atoms with E-state index in [1.807, 2.05) is 43.3 Å². The molecule has 6 heteroatoms. The maximum atomic E-state index is 12.9. The van der Waals surface area contributed by atoms with Crippen LogP contribution in [-0.4, -0.2) is 47.9 Å². The number of pyridine rings is 1. The van der Waals surface area contributed by atoms with Crippen LogP contribution in [0.4, 0.5) is 0 Å². The van der Waals surface area contributed by atoms with Gasteiger partial charge in [-0.15, -0.1) is 0 Å². The van der Waals surface area contributed by atoms with Crippen LogP contribution in [0.5, 0.6) is 0 Å². The van der Waals surface area contributed by atoms with Crippen LogP contribution in [0.15, 0.2) is 40.9 Å². The number of ether oxygens (including phenoxy) is 2. The molecule has 0 unspecified atom stereocenters. The van der Waals surface area contributed by atoms with Gasteiger partial charge in [0, 0.05) is 23.0 Å². The third-order valence-electron chi connectivity index (χ3n) is 4.73. The monoisotopic (exact) mass is 402 g/mol. The van der Waals surface area contributed by atoms with Gasteiger partial charge in [0.05, 0.1) is 36.7 Å². The Labute approximate surface area is 155 Å². The second-order valence-corrected chi connectivity index (χ2v) is 7.34. The van der Waals surface area contributed by atoms with E-state index in [1.54, 1.807) is 4.90 Å². The molecule has 2 aromatic rings. The van der Waals surface area contributed by atoms with Crippen LogP contribution in [0.1, 0.15) is 22.5 Å². The molecule has 0 bridgehead atoms. The average molecular weight is 403 g/mol. The molecule has 2 aliphatic rings. The van der Waals surface area contributed by atoms with Crippen LogP contribution in [0.2, 0.25) is 0 Å². The molecule has 3 heterocycles. The van der Waals surface area contributed by atoms with Gasteiger partial charge in [-0.05, 0) is 31.2 Å². The van der Waals surface area contributed by atoms with Crippen LogP contribution >= 0.6 is 15.9 Å². The summed E-state index contributed by atoms with van der Waals surface area (Å²) >= 11 is 3.48. The molecule has 1 spiro atoms. The van der Waals surface area contributed by atoms with Crippen LogP contribution < -0.4 is 0 Å². The van der Waals surface area contributed by atoms with Crippen molar-refractivity contribution in [1.82, 2.24) is 9.88 Å². The molecule has 2 saturated heterocycles. The first-order valence-corrected chi connectivity index (χ1v) is 9.16. The van der Waals surface area contributed by atoms with Gasteiger partial charge >= 0.3 is 0 Å². The first kappa shape index (κ1) is 16.7. The maximum absolute atomic E-state index is 12.9. The van der Waals surface area contributed by atoms with E-state index >= 15 is 0 Å². The molecular weight excluding hydrogens is 384 g/mol. The first-order chi connectivity index (χ1) is 12.1. The number of aryl methyl sites for hydroxylation is 1. The molecule has 25 heavy (non-hydrogen) atoms. The molecule has 0 radical (unpaired) electrons. The maximum Gasteiger partial charge on any atom is 0.255 e. The zero-order valence-corrected chi connectivity index (χ0v) is 15.6. The summed E-state index contributed by atoms with van der Waals surface area (Å²) in [4.78, 5) is 19.3. The number of likely N-dealkylation sites (tertiary alicyclic amines) is 1. The molecule has 1 aromatic heterocycles. The molecule has 2 aliphatic heterocycles. The van der Waals surface area contributed by atoms with Crippen molar-refractivity contribution < 1.29 is 14.3 Å². The van der Waals surface area contributed by atoms with Gasteiger partial charge in [0.2, 0.25) is 0 Å². The Morgan fingerprint density at radius 2 is 2.04 bits per heavy atom. The quantitative estimate of drug-likeness (QED) is 0.772. The lowest BCUT2D eigenvalue weighted by atomic mass is 10.1. The fourth-order valence-corrected chi connectivity index (χ4v) is 3.83.